The molecule has 0 spiro atoms. The van der Waals surface area contributed by atoms with Crippen molar-refractivity contribution < 1.29 is 18.7 Å². The second-order valence-corrected chi connectivity index (χ2v) is 7.41. The van der Waals surface area contributed by atoms with Crippen molar-refractivity contribution in [2.24, 2.45) is 0 Å². The van der Waals surface area contributed by atoms with Gasteiger partial charge < -0.3 is 9.15 Å². The summed E-state index contributed by atoms with van der Waals surface area (Å²) in [5, 5.41) is 2.73. The van der Waals surface area contributed by atoms with Crippen molar-refractivity contribution in [3.63, 3.8) is 0 Å². The van der Waals surface area contributed by atoms with Crippen LogP contribution in [0.1, 0.15) is 49.1 Å². The van der Waals surface area contributed by atoms with Gasteiger partial charge in [0.05, 0.1) is 5.69 Å². The fourth-order valence-electron chi connectivity index (χ4n) is 3.13. The molecule has 0 saturated heterocycles. The molecule has 146 valence electrons. The number of hydrogen-bond donors (Lipinski definition) is 0. The number of Topliss-reactive ketones (excluding diaryl/α,β-unsaturated/α-hetero) is 1. The molecule has 0 atom stereocenters. The Kier molecular flexibility index (Phi) is 5.33. The maximum atomic E-state index is 12.6. The quantitative estimate of drug-likeness (QED) is 0.481. The molecule has 3 aromatic rings. The van der Waals surface area contributed by atoms with Crippen LogP contribution < -0.4 is 5.63 Å². The Morgan fingerprint density at radius 2 is 1.89 bits per heavy atom. The van der Waals surface area contributed by atoms with Crippen molar-refractivity contribution in [3.05, 3.63) is 67.5 Å². The molecule has 0 aliphatic heterocycles. The number of ether oxygens (including phenoxy) is 1. The van der Waals surface area contributed by atoms with Crippen LogP contribution in [0.25, 0.3) is 5.13 Å². The zero-order chi connectivity index (χ0) is 20.6. The van der Waals surface area contributed by atoms with Crippen LogP contribution in [-0.2, 0) is 4.74 Å². The SMILES string of the molecule is Cc1csc(-n2c(C)cc(C(=O)COC(=O)c3c(C)cc(=O)oc3C)c2C)n1. The summed E-state index contributed by atoms with van der Waals surface area (Å²) >= 11 is 1.50. The van der Waals surface area contributed by atoms with Gasteiger partial charge in [-0.15, -0.1) is 11.3 Å². The molecule has 0 radical (unpaired) electrons. The number of esters is 1. The summed E-state index contributed by atoms with van der Waals surface area (Å²) < 4.78 is 12.0. The highest BCUT2D eigenvalue weighted by molar-refractivity contribution is 7.12. The van der Waals surface area contributed by atoms with E-state index in [-0.39, 0.29) is 17.1 Å². The Bertz CT molecular complexity index is 1110. The van der Waals surface area contributed by atoms with Crippen LogP contribution in [0.2, 0.25) is 0 Å². The number of aromatic nitrogens is 2. The first kappa shape index (κ1) is 19.8. The minimum atomic E-state index is -0.698. The molecule has 28 heavy (non-hydrogen) atoms. The molecule has 0 unspecified atom stereocenters. The van der Waals surface area contributed by atoms with Crippen LogP contribution in [0.3, 0.4) is 0 Å². The van der Waals surface area contributed by atoms with Gasteiger partial charge in [0.1, 0.15) is 11.3 Å². The van der Waals surface area contributed by atoms with E-state index in [2.05, 4.69) is 4.98 Å². The molecule has 0 N–H and O–H groups in total. The normalized spacial score (nSPS) is 10.9. The van der Waals surface area contributed by atoms with Crippen molar-refractivity contribution in [1.82, 2.24) is 9.55 Å². The summed E-state index contributed by atoms with van der Waals surface area (Å²) in [6.45, 7) is 8.36. The molecule has 0 amide bonds. The molecule has 7 nitrogen and oxygen atoms in total. The number of thiazole rings is 1. The number of ketones is 1. The Hall–Kier alpha value is -3.00. The number of carbonyl (C=O) groups is 2. The topological polar surface area (TPSA) is 91.4 Å². The Balaban J connectivity index is 1.79. The molecule has 8 heteroatoms. The van der Waals surface area contributed by atoms with Crippen LogP contribution in [0, 0.1) is 34.6 Å². The number of nitrogens with zero attached hydrogens (tertiary/aromatic N) is 2. The lowest BCUT2D eigenvalue weighted by molar-refractivity contribution is 0.0469. The van der Waals surface area contributed by atoms with E-state index in [9.17, 15) is 14.4 Å². The third-order valence-corrected chi connectivity index (χ3v) is 5.35. The van der Waals surface area contributed by atoms with Gasteiger partial charge in [-0.05, 0) is 46.2 Å². The summed E-state index contributed by atoms with van der Waals surface area (Å²) in [6, 6.07) is 2.98. The van der Waals surface area contributed by atoms with Gasteiger partial charge in [0.15, 0.2) is 11.7 Å². The highest BCUT2D eigenvalue weighted by Crippen LogP contribution is 2.24. The van der Waals surface area contributed by atoms with E-state index in [4.69, 9.17) is 9.15 Å². The van der Waals surface area contributed by atoms with Crippen LogP contribution in [0.4, 0.5) is 0 Å². The minimum absolute atomic E-state index is 0.163. The molecule has 0 fully saturated rings. The number of hydrogen-bond acceptors (Lipinski definition) is 7. The molecule has 0 saturated carbocycles. The average Bonchev–Trinajstić information content (AvgIpc) is 3.14. The molecule has 0 aromatic carbocycles. The maximum Gasteiger partial charge on any atom is 0.342 e. The van der Waals surface area contributed by atoms with Crippen molar-refractivity contribution >= 4 is 23.1 Å². The van der Waals surface area contributed by atoms with Gasteiger partial charge in [0.2, 0.25) is 5.78 Å². The van der Waals surface area contributed by atoms with Crippen LogP contribution in [0.15, 0.2) is 26.7 Å². The summed E-state index contributed by atoms with van der Waals surface area (Å²) in [5.74, 6) is -0.843. The van der Waals surface area contributed by atoms with Gasteiger partial charge in [-0.25, -0.2) is 14.6 Å². The van der Waals surface area contributed by atoms with E-state index in [1.54, 1.807) is 13.0 Å². The zero-order valence-corrected chi connectivity index (χ0v) is 17.1. The summed E-state index contributed by atoms with van der Waals surface area (Å²) in [4.78, 5) is 40.8. The molecule has 3 rings (SSSR count). The fourth-order valence-corrected chi connectivity index (χ4v) is 4.04. The lowest BCUT2D eigenvalue weighted by Crippen LogP contribution is -2.18. The van der Waals surface area contributed by atoms with Gasteiger partial charge in [0, 0.05) is 28.4 Å². The molecular formula is C20H20N2O5S. The van der Waals surface area contributed by atoms with Gasteiger partial charge in [-0.3, -0.25) is 9.36 Å². The second-order valence-electron chi connectivity index (χ2n) is 6.57. The lowest BCUT2D eigenvalue weighted by Gasteiger charge is -2.08. The third kappa shape index (κ3) is 3.68. The van der Waals surface area contributed by atoms with Crippen molar-refractivity contribution in [3.8, 4) is 5.13 Å². The van der Waals surface area contributed by atoms with E-state index in [1.807, 2.05) is 30.7 Å². The van der Waals surface area contributed by atoms with Crippen LogP contribution >= 0.6 is 11.3 Å². The van der Waals surface area contributed by atoms with E-state index in [0.29, 0.717) is 11.1 Å². The largest absolute Gasteiger partial charge is 0.454 e. The first-order valence-electron chi connectivity index (χ1n) is 8.62. The van der Waals surface area contributed by atoms with Gasteiger partial charge >= 0.3 is 11.6 Å². The first-order valence-corrected chi connectivity index (χ1v) is 9.50. The highest BCUT2D eigenvalue weighted by atomic mass is 32.1. The van der Waals surface area contributed by atoms with Gasteiger partial charge in [-0.2, -0.15) is 0 Å². The van der Waals surface area contributed by atoms with E-state index in [1.165, 1.54) is 24.3 Å². The smallest absolute Gasteiger partial charge is 0.342 e. The monoisotopic (exact) mass is 400 g/mol. The Morgan fingerprint density at radius 1 is 1.18 bits per heavy atom. The lowest BCUT2D eigenvalue weighted by atomic mass is 10.1. The van der Waals surface area contributed by atoms with Crippen LogP contribution in [0.5, 0.6) is 0 Å². The molecular weight excluding hydrogens is 380 g/mol. The highest BCUT2D eigenvalue weighted by Gasteiger charge is 2.21. The molecule has 3 heterocycles. The molecule has 0 bridgehead atoms. The van der Waals surface area contributed by atoms with Crippen molar-refractivity contribution in [2.75, 3.05) is 6.61 Å². The molecule has 0 aliphatic rings. The predicted octanol–water partition coefficient (Wildman–Crippen LogP) is 3.47. The number of rotatable bonds is 5. The van der Waals surface area contributed by atoms with Gasteiger partial charge in [0.25, 0.3) is 0 Å². The first-order chi connectivity index (χ1) is 13.2. The second kappa shape index (κ2) is 7.55. The molecule has 3 aromatic heterocycles. The average molecular weight is 400 g/mol. The number of aryl methyl sites for hydroxylation is 4. The number of carbonyl (C=O) groups excluding carboxylic acids is 2. The molecule has 0 aliphatic carbocycles. The van der Waals surface area contributed by atoms with Crippen molar-refractivity contribution in [2.45, 2.75) is 34.6 Å². The zero-order valence-electron chi connectivity index (χ0n) is 16.3. The fraction of sp³-hybridized carbons (Fsp3) is 0.300. The predicted molar refractivity (Wildman–Crippen MR) is 105 cm³/mol. The Labute approximate surface area is 165 Å². The Morgan fingerprint density at radius 3 is 2.50 bits per heavy atom. The van der Waals surface area contributed by atoms with E-state index < -0.39 is 18.2 Å². The summed E-state index contributed by atoms with van der Waals surface area (Å²) in [6.07, 6.45) is 0. The van der Waals surface area contributed by atoms with E-state index >= 15 is 0 Å². The summed E-state index contributed by atoms with van der Waals surface area (Å²) in [5.41, 5.74) is 3.08. The maximum absolute atomic E-state index is 12.6. The van der Waals surface area contributed by atoms with Crippen LogP contribution in [-0.4, -0.2) is 27.9 Å². The summed E-state index contributed by atoms with van der Waals surface area (Å²) in [7, 11) is 0. The van der Waals surface area contributed by atoms with Gasteiger partial charge in [-0.1, -0.05) is 0 Å². The minimum Gasteiger partial charge on any atom is -0.454 e. The van der Waals surface area contributed by atoms with Crippen molar-refractivity contribution in [1.29, 1.82) is 0 Å². The van der Waals surface area contributed by atoms with E-state index in [0.717, 1.165) is 22.2 Å². The third-order valence-electron chi connectivity index (χ3n) is 4.40. The standard InChI is InChI=1S/C20H20N2O5S/c1-10-6-17(24)27-14(5)18(10)19(25)26-8-16(23)15-7-12(3)22(13(15)4)20-21-11(2)9-28-20/h6-7,9H,8H2,1-5H3.